The maximum atomic E-state index is 12.9. The van der Waals surface area contributed by atoms with Gasteiger partial charge < -0.3 is 51.9 Å². The second kappa shape index (κ2) is 24.7. The first kappa shape index (κ1) is 60.5. The minimum atomic E-state index is -1.29. The molecule has 0 saturated carbocycles. The number of alkyl carbamates (subject to hydrolysis) is 2. The van der Waals surface area contributed by atoms with E-state index in [4.69, 9.17) is 18.9 Å². The number of Topliss-reactive ketones (excluding diaryl/α,β-unsaturated/α-hetero) is 1. The van der Waals surface area contributed by atoms with Gasteiger partial charge in [-0.15, -0.1) is 0 Å². The fourth-order valence-electron chi connectivity index (χ4n) is 5.34. The quantitative estimate of drug-likeness (QED) is 0.126. The van der Waals surface area contributed by atoms with Crippen molar-refractivity contribution in [2.75, 3.05) is 55.5 Å². The minimum Gasteiger partial charge on any atom is -0.480 e. The van der Waals surface area contributed by atoms with Gasteiger partial charge in [0.1, 0.15) is 42.5 Å². The van der Waals surface area contributed by atoms with Crippen molar-refractivity contribution in [3.8, 4) is 0 Å². The number of rotatable bonds is 14. The summed E-state index contributed by atoms with van der Waals surface area (Å²) < 4.78 is 20.6. The van der Waals surface area contributed by atoms with E-state index in [1.54, 1.807) is 76.2 Å². The van der Waals surface area contributed by atoms with Crippen LogP contribution >= 0.6 is 0 Å². The summed E-state index contributed by atoms with van der Waals surface area (Å²) in [7, 11) is 8.51. The van der Waals surface area contributed by atoms with Crippen molar-refractivity contribution in [1.82, 2.24) is 30.2 Å². The molecule has 0 spiro atoms. The molecule has 0 heterocycles. The number of carboxylic acid groups (broad SMARTS) is 1. The van der Waals surface area contributed by atoms with Gasteiger partial charge in [-0.2, -0.15) is 0 Å². The van der Waals surface area contributed by atoms with Crippen molar-refractivity contribution >= 4 is 47.9 Å². The van der Waals surface area contributed by atoms with Crippen LogP contribution in [0.25, 0.3) is 0 Å². The van der Waals surface area contributed by atoms with E-state index in [-0.39, 0.29) is 48.3 Å². The van der Waals surface area contributed by atoms with Gasteiger partial charge in [-0.3, -0.25) is 24.2 Å². The standard InChI is InChI=1S/C19H35N3O6.C18H33N3O7.CH3.Pd.H2/c1-12(21(9)17(26)28-18(3,4)5)15(24)22(10)14(13(2)23)19(6,7)11-27-16(25)20-8;1-11(20(8)16(26)28-17(2,3)4)13(22)21(9)12(14(23)24)18(5,6)10-27-15(25)19-7;;;/h12,14H,11H2,1-10H3,(H,20,25);11-12H,10H2,1-9H3,(H,19,25)(H,23,24);1H3;;1H/q;;-1;;/t12-,14-;11-,12-;;;/m11.../s1. The molecular weight excluding hydrogens is 855 g/mol. The number of aliphatic carboxylic acids is 1. The number of ketones is 1. The van der Waals surface area contributed by atoms with Crippen LogP contribution < -0.4 is 10.6 Å². The average Bonchev–Trinajstić information content (AvgIpc) is 3.05. The molecule has 0 aliphatic heterocycles. The van der Waals surface area contributed by atoms with Gasteiger partial charge in [-0.1, -0.05) is 27.7 Å². The van der Waals surface area contributed by atoms with E-state index in [1.165, 1.54) is 65.9 Å². The number of carbonyl (C=O) groups excluding carboxylic acids is 7. The summed E-state index contributed by atoms with van der Waals surface area (Å²) >= 11 is 0. The molecule has 0 radical (unpaired) electrons. The number of amides is 6. The first-order chi connectivity index (χ1) is 25.1. The van der Waals surface area contributed by atoms with Crippen LogP contribution in [0.3, 0.4) is 0 Å². The molecule has 0 aromatic rings. The zero-order valence-corrected chi connectivity index (χ0v) is 39.7. The summed E-state index contributed by atoms with van der Waals surface area (Å²) in [4.78, 5) is 102. The third kappa shape index (κ3) is 20.0. The Morgan fingerprint density at radius 2 is 0.862 bits per heavy atom. The van der Waals surface area contributed by atoms with Crippen molar-refractivity contribution in [2.24, 2.45) is 10.8 Å². The third-order valence-electron chi connectivity index (χ3n) is 8.37. The topological polar surface area (TPSA) is 231 Å². The number of hydrogen-bond acceptors (Lipinski definition) is 12. The Hall–Kier alpha value is -4.18. The summed E-state index contributed by atoms with van der Waals surface area (Å²) in [6, 6.07) is -3.95. The average molecular weight is 928 g/mol. The van der Waals surface area contributed by atoms with E-state index >= 15 is 0 Å². The summed E-state index contributed by atoms with van der Waals surface area (Å²) in [6.07, 6.45) is -2.66. The van der Waals surface area contributed by atoms with Crippen LogP contribution in [0.2, 0.25) is 0 Å². The third-order valence-corrected chi connectivity index (χ3v) is 8.37. The summed E-state index contributed by atoms with van der Waals surface area (Å²) in [5.74, 6) is -2.53. The van der Waals surface area contributed by atoms with Crippen molar-refractivity contribution in [1.29, 1.82) is 0 Å². The molecule has 3 N–H and O–H groups in total. The molecule has 20 heteroatoms. The van der Waals surface area contributed by atoms with Crippen molar-refractivity contribution in [3.63, 3.8) is 0 Å². The summed E-state index contributed by atoms with van der Waals surface area (Å²) in [6.45, 7) is 21.0. The van der Waals surface area contributed by atoms with Gasteiger partial charge in [0.2, 0.25) is 11.8 Å². The van der Waals surface area contributed by atoms with Gasteiger partial charge in [-0.05, 0) is 62.3 Å². The minimum absolute atomic E-state index is 0. The number of hydrogen-bond donors (Lipinski definition) is 3. The van der Waals surface area contributed by atoms with E-state index < -0.39 is 88.4 Å². The molecule has 0 aromatic heterocycles. The van der Waals surface area contributed by atoms with Gasteiger partial charge in [-0.25, -0.2) is 24.0 Å². The molecule has 0 aliphatic rings. The molecule has 344 valence electrons. The van der Waals surface area contributed by atoms with Crippen LogP contribution in [0.4, 0.5) is 19.2 Å². The normalized spacial score (nSPS) is 13.3. The van der Waals surface area contributed by atoms with E-state index in [9.17, 15) is 43.5 Å². The van der Waals surface area contributed by atoms with Gasteiger partial charge >= 0.3 is 30.3 Å². The monoisotopic (exact) mass is 927 g/mol. The van der Waals surface area contributed by atoms with Crippen LogP contribution in [-0.2, 0) is 58.5 Å². The Bertz CT molecular complexity index is 1310. The first-order valence-electron chi connectivity index (χ1n) is 18.0. The predicted octanol–water partition coefficient (Wildman–Crippen LogP) is 4.27. The van der Waals surface area contributed by atoms with Gasteiger partial charge in [0.25, 0.3) is 0 Å². The van der Waals surface area contributed by atoms with Crippen LogP contribution in [0, 0.1) is 18.3 Å². The van der Waals surface area contributed by atoms with Gasteiger partial charge in [0.15, 0.2) is 5.78 Å². The molecule has 0 unspecified atom stereocenters. The largest absolute Gasteiger partial charge is 0.480 e. The Morgan fingerprint density at radius 3 is 1.10 bits per heavy atom. The van der Waals surface area contributed by atoms with Crippen LogP contribution in [0.1, 0.15) is 91.4 Å². The fraction of sp³-hybridized carbons (Fsp3) is 0.763. The molecule has 19 nitrogen and oxygen atoms in total. The zero-order chi connectivity index (χ0) is 44.9. The Balaban J connectivity index is -0.000000314. The number of ether oxygens (including phenoxy) is 4. The molecule has 0 saturated heterocycles. The SMILES string of the molecule is CNC(=O)OCC(C)(C)[C@@H](C(=O)O)N(C)C(=O)[C@@H](C)N(C)C(=O)OC(C)(C)C.CNC(=O)OCC(C)(C)[C@@H](C(C)=O)N(C)C(=O)[C@@H](C)N(C)C(=O)OC(C)(C)C.[CH3-].[HH].[Pd]. The molecule has 0 fully saturated rings. The number of nitrogens with one attached hydrogen (secondary N) is 2. The Morgan fingerprint density at radius 1 is 0.586 bits per heavy atom. The molecule has 0 rings (SSSR count). The fourth-order valence-corrected chi connectivity index (χ4v) is 5.34. The Kier molecular flexibility index (Phi) is 25.7. The van der Waals surface area contributed by atoms with E-state index in [0.29, 0.717) is 0 Å². The summed E-state index contributed by atoms with van der Waals surface area (Å²) in [5, 5.41) is 14.3. The maximum absolute atomic E-state index is 12.9. The molecule has 0 aromatic carbocycles. The second-order valence-electron chi connectivity index (χ2n) is 16.8. The molecule has 6 amide bonds. The first-order valence-corrected chi connectivity index (χ1v) is 18.0. The Labute approximate surface area is 360 Å². The number of nitrogens with zero attached hydrogens (tertiary/aromatic N) is 4. The van der Waals surface area contributed by atoms with E-state index in [0.717, 1.165) is 9.80 Å². The van der Waals surface area contributed by atoms with Crippen LogP contribution in [0.15, 0.2) is 0 Å². The molecule has 0 bridgehead atoms. The van der Waals surface area contributed by atoms with Crippen LogP contribution in [-0.4, -0.2) is 164 Å². The summed E-state index contributed by atoms with van der Waals surface area (Å²) in [5.41, 5.74) is -3.36. The van der Waals surface area contributed by atoms with E-state index in [1.807, 2.05) is 0 Å². The molecule has 4 atom stereocenters. The number of carboxylic acids is 1. The smallest absolute Gasteiger partial charge is 0.410 e. The van der Waals surface area contributed by atoms with E-state index in [2.05, 4.69) is 10.6 Å². The van der Waals surface area contributed by atoms with Crippen molar-refractivity contribution in [2.45, 2.75) is 125 Å². The second-order valence-corrected chi connectivity index (χ2v) is 16.8. The number of likely N-dealkylation sites (N-methyl/N-ethyl adjacent to an activating group) is 4. The maximum Gasteiger partial charge on any atom is 0.410 e. The molecule has 58 heavy (non-hydrogen) atoms. The van der Waals surface area contributed by atoms with Crippen molar-refractivity contribution in [3.05, 3.63) is 7.43 Å². The van der Waals surface area contributed by atoms with Gasteiger partial charge in [0, 0.05) is 75.0 Å². The molecular formula is C38H73N6O13Pd-. The van der Waals surface area contributed by atoms with Gasteiger partial charge in [0.05, 0.1) is 6.04 Å². The van der Waals surface area contributed by atoms with Crippen LogP contribution in [0.5, 0.6) is 0 Å². The zero-order valence-electron chi connectivity index (χ0n) is 38.2. The van der Waals surface area contributed by atoms with Crippen molar-refractivity contribution < 1.29 is 84.3 Å². The molecule has 0 aliphatic carbocycles. The predicted molar refractivity (Wildman–Crippen MR) is 215 cm³/mol. The number of carbonyl (C=O) groups is 8.